The van der Waals surface area contributed by atoms with Crippen LogP contribution in [0.25, 0.3) is 0 Å². The Labute approximate surface area is 116 Å². The van der Waals surface area contributed by atoms with Crippen LogP contribution in [-0.4, -0.2) is 25.7 Å². The van der Waals surface area contributed by atoms with Gasteiger partial charge >= 0.3 is 5.97 Å². The molecule has 112 valence electrons. The third-order valence-corrected chi connectivity index (χ3v) is 3.19. The van der Waals surface area contributed by atoms with Crippen LogP contribution in [0.15, 0.2) is 0 Å². The third-order valence-electron chi connectivity index (χ3n) is 3.19. The van der Waals surface area contributed by atoms with E-state index in [1.54, 1.807) is 0 Å². The standard InChI is InChI=1S/C15H28O4/c1-3-5-6-7-8-9-10-15(17)19-12-14(4-2)11-18-13-16/h13-14H,3-12H2,1-2H3. The maximum absolute atomic E-state index is 11.5. The van der Waals surface area contributed by atoms with Gasteiger partial charge in [-0.1, -0.05) is 46.0 Å². The van der Waals surface area contributed by atoms with E-state index in [2.05, 4.69) is 11.7 Å². The van der Waals surface area contributed by atoms with Gasteiger partial charge in [0, 0.05) is 12.3 Å². The van der Waals surface area contributed by atoms with E-state index in [-0.39, 0.29) is 11.9 Å². The van der Waals surface area contributed by atoms with E-state index in [0.717, 1.165) is 19.3 Å². The molecule has 0 radical (unpaired) electrons. The third kappa shape index (κ3) is 11.7. The summed E-state index contributed by atoms with van der Waals surface area (Å²) in [5.74, 6) is -0.0289. The Morgan fingerprint density at radius 1 is 1.05 bits per heavy atom. The summed E-state index contributed by atoms with van der Waals surface area (Å²) in [6.45, 7) is 5.28. The van der Waals surface area contributed by atoms with E-state index >= 15 is 0 Å². The van der Waals surface area contributed by atoms with Crippen LogP contribution in [0.4, 0.5) is 0 Å². The molecule has 1 atom stereocenters. The summed E-state index contributed by atoms with van der Waals surface area (Å²) in [4.78, 5) is 21.6. The number of carbonyl (C=O) groups is 2. The number of carbonyl (C=O) groups excluding carboxylic acids is 2. The summed E-state index contributed by atoms with van der Waals surface area (Å²) >= 11 is 0. The van der Waals surface area contributed by atoms with Gasteiger partial charge in [0.1, 0.15) is 0 Å². The molecule has 0 aromatic heterocycles. The smallest absolute Gasteiger partial charge is 0.305 e. The first-order valence-electron chi connectivity index (χ1n) is 7.45. The molecular weight excluding hydrogens is 244 g/mol. The Bertz CT molecular complexity index is 228. The van der Waals surface area contributed by atoms with Gasteiger partial charge in [-0.2, -0.15) is 0 Å². The molecule has 0 aromatic rings. The largest absolute Gasteiger partial charge is 0.467 e. The number of rotatable bonds is 13. The van der Waals surface area contributed by atoms with Crippen molar-refractivity contribution in [3.8, 4) is 0 Å². The summed E-state index contributed by atoms with van der Waals surface area (Å²) in [6, 6.07) is 0. The van der Waals surface area contributed by atoms with Crippen molar-refractivity contribution in [3.05, 3.63) is 0 Å². The molecule has 0 amide bonds. The summed E-state index contributed by atoms with van der Waals surface area (Å²) in [7, 11) is 0. The summed E-state index contributed by atoms with van der Waals surface area (Å²) in [6.07, 6.45) is 8.31. The molecule has 0 spiro atoms. The first-order chi connectivity index (χ1) is 9.24. The van der Waals surface area contributed by atoms with E-state index in [4.69, 9.17) is 4.74 Å². The maximum atomic E-state index is 11.5. The van der Waals surface area contributed by atoms with Crippen LogP contribution in [0.5, 0.6) is 0 Å². The van der Waals surface area contributed by atoms with Crippen molar-refractivity contribution >= 4 is 12.4 Å². The highest BCUT2D eigenvalue weighted by atomic mass is 16.5. The highest BCUT2D eigenvalue weighted by Gasteiger charge is 2.10. The van der Waals surface area contributed by atoms with Gasteiger partial charge in [0.2, 0.25) is 0 Å². The SMILES string of the molecule is CCCCCCCCC(=O)OCC(CC)COC=O. The van der Waals surface area contributed by atoms with Gasteiger partial charge in [-0.05, 0) is 12.8 Å². The van der Waals surface area contributed by atoms with E-state index in [1.165, 1.54) is 25.7 Å². The Balaban J connectivity index is 3.48. The van der Waals surface area contributed by atoms with E-state index in [1.807, 2.05) is 6.92 Å². The summed E-state index contributed by atoms with van der Waals surface area (Å²) < 4.78 is 9.87. The molecule has 0 rings (SSSR count). The molecule has 0 saturated heterocycles. The van der Waals surface area contributed by atoms with Gasteiger partial charge in [-0.25, -0.2) is 0 Å². The summed E-state index contributed by atoms with van der Waals surface area (Å²) in [5.41, 5.74) is 0. The predicted octanol–water partition coefficient (Wildman–Crippen LogP) is 3.48. The molecule has 1 unspecified atom stereocenters. The molecular formula is C15H28O4. The van der Waals surface area contributed by atoms with Gasteiger partial charge in [-0.15, -0.1) is 0 Å². The molecule has 0 saturated carbocycles. The van der Waals surface area contributed by atoms with Gasteiger partial charge in [0.05, 0.1) is 13.2 Å². The van der Waals surface area contributed by atoms with Crippen molar-refractivity contribution in [1.82, 2.24) is 0 Å². The highest BCUT2D eigenvalue weighted by Crippen LogP contribution is 2.09. The van der Waals surface area contributed by atoms with Crippen molar-refractivity contribution in [3.63, 3.8) is 0 Å². The van der Waals surface area contributed by atoms with Crippen LogP contribution in [0.3, 0.4) is 0 Å². The Hall–Kier alpha value is -1.06. The van der Waals surface area contributed by atoms with E-state index in [9.17, 15) is 9.59 Å². The minimum absolute atomic E-state index is 0.110. The fourth-order valence-corrected chi connectivity index (χ4v) is 1.79. The zero-order valence-electron chi connectivity index (χ0n) is 12.4. The highest BCUT2D eigenvalue weighted by molar-refractivity contribution is 5.69. The number of esters is 1. The normalized spacial score (nSPS) is 11.9. The quantitative estimate of drug-likeness (QED) is 0.292. The second kappa shape index (κ2) is 13.4. The molecule has 0 aliphatic heterocycles. The predicted molar refractivity (Wildman–Crippen MR) is 74.7 cm³/mol. The lowest BCUT2D eigenvalue weighted by Crippen LogP contribution is -2.18. The molecule has 0 heterocycles. The fourth-order valence-electron chi connectivity index (χ4n) is 1.79. The van der Waals surface area contributed by atoms with Crippen molar-refractivity contribution in [2.75, 3.05) is 13.2 Å². The minimum atomic E-state index is -0.139. The van der Waals surface area contributed by atoms with Gasteiger partial charge < -0.3 is 9.47 Å². The van der Waals surface area contributed by atoms with E-state index < -0.39 is 0 Å². The fraction of sp³-hybridized carbons (Fsp3) is 0.867. The molecule has 4 heteroatoms. The molecule has 0 aliphatic rings. The zero-order valence-corrected chi connectivity index (χ0v) is 12.4. The van der Waals surface area contributed by atoms with Crippen molar-refractivity contribution in [2.45, 2.75) is 65.2 Å². The lowest BCUT2D eigenvalue weighted by molar-refractivity contribution is -0.146. The van der Waals surface area contributed by atoms with Gasteiger partial charge in [0.15, 0.2) is 0 Å². The zero-order chi connectivity index (χ0) is 14.3. The topological polar surface area (TPSA) is 52.6 Å². The molecule has 19 heavy (non-hydrogen) atoms. The second-order valence-corrected chi connectivity index (χ2v) is 4.90. The van der Waals surface area contributed by atoms with Crippen molar-refractivity contribution in [1.29, 1.82) is 0 Å². The average Bonchev–Trinajstić information content (AvgIpc) is 2.43. The number of hydrogen-bond acceptors (Lipinski definition) is 4. The number of hydrogen-bond donors (Lipinski definition) is 0. The maximum Gasteiger partial charge on any atom is 0.305 e. The average molecular weight is 272 g/mol. The molecule has 0 aliphatic carbocycles. The van der Waals surface area contributed by atoms with Crippen LogP contribution >= 0.6 is 0 Å². The Kier molecular flexibility index (Phi) is 12.6. The van der Waals surface area contributed by atoms with Crippen LogP contribution < -0.4 is 0 Å². The van der Waals surface area contributed by atoms with Crippen LogP contribution in [0.1, 0.15) is 65.2 Å². The van der Waals surface area contributed by atoms with Crippen LogP contribution in [0.2, 0.25) is 0 Å². The van der Waals surface area contributed by atoms with Gasteiger partial charge in [0.25, 0.3) is 6.47 Å². The monoisotopic (exact) mass is 272 g/mol. The lowest BCUT2D eigenvalue weighted by atomic mass is 10.1. The van der Waals surface area contributed by atoms with Crippen molar-refractivity contribution < 1.29 is 19.1 Å². The van der Waals surface area contributed by atoms with E-state index in [0.29, 0.717) is 26.1 Å². The van der Waals surface area contributed by atoms with Gasteiger partial charge in [-0.3, -0.25) is 9.59 Å². The molecule has 4 nitrogen and oxygen atoms in total. The molecule has 0 fully saturated rings. The minimum Gasteiger partial charge on any atom is -0.467 e. The number of unbranched alkanes of at least 4 members (excludes halogenated alkanes) is 5. The summed E-state index contributed by atoms with van der Waals surface area (Å²) in [5, 5.41) is 0. The first-order valence-corrected chi connectivity index (χ1v) is 7.45. The Morgan fingerprint density at radius 2 is 1.74 bits per heavy atom. The number of ether oxygens (including phenoxy) is 2. The van der Waals surface area contributed by atoms with Crippen molar-refractivity contribution in [2.24, 2.45) is 5.92 Å². The lowest BCUT2D eigenvalue weighted by Gasteiger charge is -2.13. The first kappa shape index (κ1) is 17.9. The van der Waals surface area contributed by atoms with Crippen LogP contribution in [0, 0.1) is 5.92 Å². The molecule has 0 bridgehead atoms. The Morgan fingerprint density at radius 3 is 2.37 bits per heavy atom. The molecule has 0 aromatic carbocycles. The second-order valence-electron chi connectivity index (χ2n) is 4.90. The molecule has 0 N–H and O–H groups in total. The van der Waals surface area contributed by atoms with Crippen LogP contribution in [-0.2, 0) is 19.1 Å².